The Hall–Kier alpha value is -0.160. The molecule has 4 heteroatoms. The molecule has 0 heterocycles. The molecule has 0 aliphatic carbocycles. The van der Waals surface area contributed by atoms with E-state index in [9.17, 15) is 0 Å². The monoisotopic (exact) mass is 276 g/mol. The van der Waals surface area contributed by atoms with E-state index in [1.807, 2.05) is 0 Å². The smallest absolute Gasteiger partial charge is 0.0704 e. The standard InChI is InChI=1S/C15H32O4/c1-3-4-5-6-7-8-15(2)19-14-13-18-12-11-17-10-9-16/h15-16H,3-14H2,1-2H3. The molecule has 0 radical (unpaired) electrons. The van der Waals surface area contributed by atoms with Gasteiger partial charge in [-0.25, -0.2) is 0 Å². The third kappa shape index (κ3) is 15.8. The van der Waals surface area contributed by atoms with Crippen molar-refractivity contribution < 1.29 is 19.3 Å². The number of aliphatic hydroxyl groups excluding tert-OH is 1. The minimum Gasteiger partial charge on any atom is -0.394 e. The molecule has 0 aromatic heterocycles. The van der Waals surface area contributed by atoms with Gasteiger partial charge >= 0.3 is 0 Å². The SMILES string of the molecule is CCCCCCCC(C)OCCOCCOCCO. The topological polar surface area (TPSA) is 47.9 Å². The van der Waals surface area contributed by atoms with Crippen molar-refractivity contribution in [1.29, 1.82) is 0 Å². The lowest BCUT2D eigenvalue weighted by molar-refractivity contribution is -0.0121. The van der Waals surface area contributed by atoms with Gasteiger partial charge in [0.2, 0.25) is 0 Å². The minimum absolute atomic E-state index is 0.0683. The van der Waals surface area contributed by atoms with Gasteiger partial charge in [0.1, 0.15) is 0 Å². The van der Waals surface area contributed by atoms with Crippen LogP contribution >= 0.6 is 0 Å². The van der Waals surface area contributed by atoms with Crippen LogP contribution in [-0.4, -0.2) is 50.9 Å². The van der Waals surface area contributed by atoms with Crippen LogP contribution in [0.15, 0.2) is 0 Å². The summed E-state index contributed by atoms with van der Waals surface area (Å²) < 4.78 is 16.1. The molecule has 0 aromatic carbocycles. The molecule has 4 nitrogen and oxygen atoms in total. The summed E-state index contributed by atoms with van der Waals surface area (Å²) in [6.07, 6.45) is 8.05. The Morgan fingerprint density at radius 3 is 2.16 bits per heavy atom. The molecular formula is C15H32O4. The van der Waals surface area contributed by atoms with Crippen LogP contribution in [0.5, 0.6) is 0 Å². The van der Waals surface area contributed by atoms with E-state index in [0.717, 1.165) is 6.42 Å². The number of rotatable bonds is 15. The molecule has 1 atom stereocenters. The Kier molecular flexibility index (Phi) is 15.8. The summed E-state index contributed by atoms with van der Waals surface area (Å²) >= 11 is 0. The number of unbranched alkanes of at least 4 members (excludes halogenated alkanes) is 4. The normalized spacial score (nSPS) is 12.8. The second-order valence-electron chi connectivity index (χ2n) is 4.83. The first-order chi connectivity index (χ1) is 9.31. The highest BCUT2D eigenvalue weighted by Gasteiger charge is 2.01. The van der Waals surface area contributed by atoms with E-state index in [1.54, 1.807) is 0 Å². The average Bonchev–Trinajstić information content (AvgIpc) is 2.41. The molecule has 0 saturated heterocycles. The number of ether oxygens (including phenoxy) is 3. The zero-order chi connectivity index (χ0) is 14.2. The van der Waals surface area contributed by atoms with E-state index in [1.165, 1.54) is 32.1 Å². The molecule has 0 bridgehead atoms. The lowest BCUT2D eigenvalue weighted by Gasteiger charge is -2.13. The summed E-state index contributed by atoms with van der Waals surface area (Å²) in [5, 5.41) is 8.50. The summed E-state index contributed by atoms with van der Waals surface area (Å²) in [4.78, 5) is 0. The van der Waals surface area contributed by atoms with Crippen LogP contribution in [0.4, 0.5) is 0 Å². The highest BCUT2D eigenvalue weighted by molar-refractivity contribution is 4.52. The molecule has 0 aliphatic rings. The van der Waals surface area contributed by atoms with Gasteiger partial charge in [-0.2, -0.15) is 0 Å². The maximum atomic E-state index is 8.50. The Morgan fingerprint density at radius 2 is 1.47 bits per heavy atom. The fraction of sp³-hybridized carbons (Fsp3) is 1.00. The van der Waals surface area contributed by atoms with E-state index in [-0.39, 0.29) is 6.61 Å². The van der Waals surface area contributed by atoms with Crippen LogP contribution in [-0.2, 0) is 14.2 Å². The molecule has 0 amide bonds. The fourth-order valence-electron chi connectivity index (χ4n) is 1.81. The fourth-order valence-corrected chi connectivity index (χ4v) is 1.81. The van der Waals surface area contributed by atoms with Crippen LogP contribution in [0.3, 0.4) is 0 Å². The van der Waals surface area contributed by atoms with Gasteiger partial charge in [-0.15, -0.1) is 0 Å². The van der Waals surface area contributed by atoms with Crippen molar-refractivity contribution in [1.82, 2.24) is 0 Å². The second kappa shape index (κ2) is 15.9. The Morgan fingerprint density at radius 1 is 0.842 bits per heavy atom. The summed E-state index contributed by atoms with van der Waals surface area (Å²) in [6.45, 7) is 7.18. The Labute approximate surface area is 118 Å². The Balaban J connectivity index is 3.09. The largest absolute Gasteiger partial charge is 0.394 e. The molecule has 0 rings (SSSR count). The van der Waals surface area contributed by atoms with Crippen molar-refractivity contribution in [2.45, 2.75) is 58.5 Å². The van der Waals surface area contributed by atoms with Gasteiger partial charge in [-0.3, -0.25) is 0 Å². The van der Waals surface area contributed by atoms with Crippen molar-refractivity contribution in [2.75, 3.05) is 39.6 Å². The molecule has 0 saturated carbocycles. The highest BCUT2D eigenvalue weighted by Crippen LogP contribution is 2.08. The van der Waals surface area contributed by atoms with Crippen molar-refractivity contribution in [3.63, 3.8) is 0 Å². The Bertz CT molecular complexity index is 164. The zero-order valence-electron chi connectivity index (χ0n) is 12.7. The van der Waals surface area contributed by atoms with Crippen molar-refractivity contribution in [2.24, 2.45) is 0 Å². The third-order valence-corrected chi connectivity index (χ3v) is 2.95. The second-order valence-corrected chi connectivity index (χ2v) is 4.83. The summed E-state index contributed by atoms with van der Waals surface area (Å²) in [5.74, 6) is 0. The van der Waals surface area contributed by atoms with Crippen LogP contribution in [0.25, 0.3) is 0 Å². The summed E-state index contributed by atoms with van der Waals surface area (Å²) in [7, 11) is 0. The molecule has 0 fully saturated rings. The van der Waals surface area contributed by atoms with Gasteiger partial charge < -0.3 is 19.3 Å². The first kappa shape index (κ1) is 18.8. The van der Waals surface area contributed by atoms with E-state index >= 15 is 0 Å². The minimum atomic E-state index is 0.0683. The van der Waals surface area contributed by atoms with Crippen LogP contribution in [0, 0.1) is 0 Å². The molecule has 0 aliphatic heterocycles. The molecule has 1 unspecified atom stereocenters. The van der Waals surface area contributed by atoms with Gasteiger partial charge in [0, 0.05) is 0 Å². The maximum absolute atomic E-state index is 8.50. The average molecular weight is 276 g/mol. The van der Waals surface area contributed by atoms with Crippen molar-refractivity contribution in [3.8, 4) is 0 Å². The van der Waals surface area contributed by atoms with Gasteiger partial charge in [-0.05, 0) is 13.3 Å². The summed E-state index contributed by atoms with van der Waals surface area (Å²) in [6, 6.07) is 0. The molecule has 0 aromatic rings. The summed E-state index contributed by atoms with van der Waals surface area (Å²) in [5.41, 5.74) is 0. The maximum Gasteiger partial charge on any atom is 0.0704 e. The number of hydrogen-bond acceptors (Lipinski definition) is 4. The van der Waals surface area contributed by atoms with Crippen molar-refractivity contribution in [3.05, 3.63) is 0 Å². The van der Waals surface area contributed by atoms with Gasteiger partial charge in [0.15, 0.2) is 0 Å². The lowest BCUT2D eigenvalue weighted by Crippen LogP contribution is -2.15. The third-order valence-electron chi connectivity index (χ3n) is 2.95. The van der Waals surface area contributed by atoms with Crippen LogP contribution in [0.2, 0.25) is 0 Å². The van der Waals surface area contributed by atoms with Crippen molar-refractivity contribution >= 4 is 0 Å². The van der Waals surface area contributed by atoms with E-state index in [4.69, 9.17) is 19.3 Å². The van der Waals surface area contributed by atoms with Crippen LogP contribution in [0.1, 0.15) is 52.4 Å². The molecular weight excluding hydrogens is 244 g/mol. The first-order valence-electron chi connectivity index (χ1n) is 7.69. The quantitative estimate of drug-likeness (QED) is 0.467. The lowest BCUT2D eigenvalue weighted by atomic mass is 10.1. The molecule has 1 N–H and O–H groups in total. The highest BCUT2D eigenvalue weighted by atomic mass is 16.5. The molecule has 0 spiro atoms. The first-order valence-corrected chi connectivity index (χ1v) is 7.69. The van der Waals surface area contributed by atoms with E-state index in [2.05, 4.69) is 13.8 Å². The number of aliphatic hydroxyl groups is 1. The molecule has 116 valence electrons. The van der Waals surface area contributed by atoms with Gasteiger partial charge in [0.25, 0.3) is 0 Å². The van der Waals surface area contributed by atoms with Gasteiger partial charge in [0.05, 0.1) is 45.7 Å². The molecule has 19 heavy (non-hydrogen) atoms. The number of hydrogen-bond donors (Lipinski definition) is 1. The van der Waals surface area contributed by atoms with Gasteiger partial charge in [-0.1, -0.05) is 39.0 Å². The van der Waals surface area contributed by atoms with Crippen LogP contribution < -0.4 is 0 Å². The zero-order valence-corrected chi connectivity index (χ0v) is 12.7. The predicted octanol–water partition coefficient (Wildman–Crippen LogP) is 2.78. The van der Waals surface area contributed by atoms with E-state index < -0.39 is 0 Å². The predicted molar refractivity (Wildman–Crippen MR) is 77.5 cm³/mol. The van der Waals surface area contributed by atoms with E-state index in [0.29, 0.717) is 39.1 Å².